The Kier molecular flexibility index (Phi) is 3.94. The Morgan fingerprint density at radius 3 is 2.60 bits per heavy atom. The van der Waals surface area contributed by atoms with Gasteiger partial charge in [-0.3, -0.25) is 4.79 Å². The molecule has 5 nitrogen and oxygen atoms in total. The number of rotatable bonds is 3. The van der Waals surface area contributed by atoms with Gasteiger partial charge in [0.05, 0.1) is 5.69 Å². The SMILES string of the molecule is Cc1csc(N2CCN(C(=O)C(C)C3CNC3)CC2)n1. The molecule has 0 radical (unpaired) electrons. The molecule has 0 aromatic carbocycles. The molecule has 0 bridgehead atoms. The maximum absolute atomic E-state index is 12.4. The van der Waals surface area contributed by atoms with Crippen molar-refractivity contribution in [2.75, 3.05) is 44.2 Å². The number of hydrogen-bond acceptors (Lipinski definition) is 5. The maximum Gasteiger partial charge on any atom is 0.225 e. The van der Waals surface area contributed by atoms with Gasteiger partial charge in [-0.05, 0) is 25.9 Å². The van der Waals surface area contributed by atoms with Gasteiger partial charge in [0.1, 0.15) is 0 Å². The molecule has 1 amide bonds. The minimum absolute atomic E-state index is 0.157. The molecule has 3 rings (SSSR count). The molecule has 2 aliphatic heterocycles. The summed E-state index contributed by atoms with van der Waals surface area (Å²) in [4.78, 5) is 21.3. The van der Waals surface area contributed by atoms with Crippen molar-refractivity contribution < 1.29 is 4.79 Å². The molecule has 0 aliphatic carbocycles. The largest absolute Gasteiger partial charge is 0.345 e. The van der Waals surface area contributed by atoms with Crippen molar-refractivity contribution in [3.63, 3.8) is 0 Å². The van der Waals surface area contributed by atoms with Crippen LogP contribution in [0.2, 0.25) is 0 Å². The first kappa shape index (κ1) is 13.8. The number of nitrogens with zero attached hydrogens (tertiary/aromatic N) is 3. The summed E-state index contributed by atoms with van der Waals surface area (Å²) in [6.45, 7) is 9.52. The molecule has 2 fully saturated rings. The first-order valence-electron chi connectivity index (χ1n) is 7.31. The molecule has 0 saturated carbocycles. The Labute approximate surface area is 124 Å². The predicted octanol–water partition coefficient (Wildman–Crippen LogP) is 0.956. The molecule has 1 unspecified atom stereocenters. The second-order valence-electron chi connectivity index (χ2n) is 5.79. The van der Waals surface area contributed by atoms with Crippen LogP contribution >= 0.6 is 11.3 Å². The van der Waals surface area contributed by atoms with Gasteiger partial charge in [-0.2, -0.15) is 0 Å². The molecule has 2 aliphatic rings. The van der Waals surface area contributed by atoms with Gasteiger partial charge in [0.25, 0.3) is 0 Å². The Morgan fingerprint density at radius 1 is 1.40 bits per heavy atom. The van der Waals surface area contributed by atoms with Gasteiger partial charge in [0.15, 0.2) is 5.13 Å². The van der Waals surface area contributed by atoms with Crippen molar-refractivity contribution in [1.29, 1.82) is 0 Å². The predicted molar refractivity (Wildman–Crippen MR) is 81.2 cm³/mol. The van der Waals surface area contributed by atoms with E-state index in [-0.39, 0.29) is 5.92 Å². The number of amides is 1. The topological polar surface area (TPSA) is 48.5 Å². The average Bonchev–Trinajstić information content (AvgIpc) is 2.83. The zero-order valence-corrected chi connectivity index (χ0v) is 12.9. The van der Waals surface area contributed by atoms with E-state index < -0.39 is 0 Å². The summed E-state index contributed by atoms with van der Waals surface area (Å²) in [6.07, 6.45) is 0. The fourth-order valence-electron chi connectivity index (χ4n) is 2.76. The minimum atomic E-state index is 0.157. The Hall–Kier alpha value is -1.14. The number of aromatic nitrogens is 1. The smallest absolute Gasteiger partial charge is 0.225 e. The van der Waals surface area contributed by atoms with E-state index in [1.165, 1.54) is 0 Å². The Bertz CT molecular complexity index is 477. The maximum atomic E-state index is 12.4. The number of nitrogens with one attached hydrogen (secondary N) is 1. The molecule has 0 spiro atoms. The molecule has 1 N–H and O–H groups in total. The summed E-state index contributed by atoms with van der Waals surface area (Å²) in [7, 11) is 0. The third-order valence-electron chi connectivity index (χ3n) is 4.38. The van der Waals surface area contributed by atoms with Crippen molar-refractivity contribution >= 4 is 22.4 Å². The fourth-order valence-corrected chi connectivity index (χ4v) is 3.62. The number of thiazole rings is 1. The highest BCUT2D eigenvalue weighted by atomic mass is 32.1. The van der Waals surface area contributed by atoms with Crippen LogP contribution in [0.25, 0.3) is 0 Å². The van der Waals surface area contributed by atoms with Gasteiger partial charge < -0.3 is 15.1 Å². The summed E-state index contributed by atoms with van der Waals surface area (Å²) < 4.78 is 0. The number of piperazine rings is 1. The fraction of sp³-hybridized carbons (Fsp3) is 0.714. The molecule has 6 heteroatoms. The van der Waals surface area contributed by atoms with E-state index >= 15 is 0 Å². The molecule has 1 aromatic rings. The average molecular weight is 294 g/mol. The molecular formula is C14H22N4OS. The van der Waals surface area contributed by atoms with Crippen molar-refractivity contribution in [1.82, 2.24) is 15.2 Å². The van der Waals surface area contributed by atoms with Crippen LogP contribution in [-0.4, -0.2) is 55.1 Å². The highest BCUT2D eigenvalue weighted by Crippen LogP contribution is 2.23. The van der Waals surface area contributed by atoms with Crippen molar-refractivity contribution in [3.8, 4) is 0 Å². The van der Waals surface area contributed by atoms with Crippen molar-refractivity contribution in [3.05, 3.63) is 11.1 Å². The molecular weight excluding hydrogens is 272 g/mol. The van der Waals surface area contributed by atoms with E-state index in [1.54, 1.807) is 11.3 Å². The molecule has 2 saturated heterocycles. The van der Waals surface area contributed by atoms with Crippen molar-refractivity contribution in [2.45, 2.75) is 13.8 Å². The third-order valence-corrected chi connectivity index (χ3v) is 5.40. The van der Waals surface area contributed by atoms with E-state index in [2.05, 4.69) is 27.5 Å². The van der Waals surface area contributed by atoms with Crippen LogP contribution < -0.4 is 10.2 Å². The number of carbonyl (C=O) groups is 1. The minimum Gasteiger partial charge on any atom is -0.345 e. The van der Waals surface area contributed by atoms with E-state index in [0.29, 0.717) is 11.8 Å². The van der Waals surface area contributed by atoms with Gasteiger partial charge in [-0.25, -0.2) is 4.98 Å². The number of hydrogen-bond donors (Lipinski definition) is 1. The van der Waals surface area contributed by atoms with Crippen LogP contribution in [0.1, 0.15) is 12.6 Å². The summed E-state index contributed by atoms with van der Waals surface area (Å²) >= 11 is 1.69. The van der Waals surface area contributed by atoms with E-state index in [0.717, 1.165) is 50.1 Å². The Morgan fingerprint density at radius 2 is 2.10 bits per heavy atom. The molecule has 1 aromatic heterocycles. The molecule has 1 atom stereocenters. The van der Waals surface area contributed by atoms with Crippen LogP contribution in [0.5, 0.6) is 0 Å². The second-order valence-corrected chi connectivity index (χ2v) is 6.63. The highest BCUT2D eigenvalue weighted by Gasteiger charge is 2.33. The number of anilines is 1. The lowest BCUT2D eigenvalue weighted by molar-refractivity contribution is -0.137. The van der Waals surface area contributed by atoms with Gasteiger partial charge in [0, 0.05) is 37.5 Å². The lowest BCUT2D eigenvalue weighted by atomic mass is 9.88. The van der Waals surface area contributed by atoms with Crippen LogP contribution in [0, 0.1) is 18.8 Å². The third kappa shape index (κ3) is 2.67. The van der Waals surface area contributed by atoms with Crippen LogP contribution in [-0.2, 0) is 4.79 Å². The molecule has 20 heavy (non-hydrogen) atoms. The lowest BCUT2D eigenvalue weighted by Gasteiger charge is -2.39. The summed E-state index contributed by atoms with van der Waals surface area (Å²) in [5.74, 6) is 1.01. The summed E-state index contributed by atoms with van der Waals surface area (Å²) in [5, 5.41) is 6.42. The van der Waals surface area contributed by atoms with E-state index in [1.807, 2.05) is 11.8 Å². The van der Waals surface area contributed by atoms with Crippen LogP contribution in [0.3, 0.4) is 0 Å². The summed E-state index contributed by atoms with van der Waals surface area (Å²) in [6, 6.07) is 0. The quantitative estimate of drug-likeness (QED) is 0.902. The van der Waals surface area contributed by atoms with Gasteiger partial charge >= 0.3 is 0 Å². The molecule has 3 heterocycles. The normalized spacial score (nSPS) is 21.7. The monoisotopic (exact) mass is 294 g/mol. The number of aryl methyl sites for hydroxylation is 1. The second kappa shape index (κ2) is 5.69. The highest BCUT2D eigenvalue weighted by molar-refractivity contribution is 7.13. The van der Waals surface area contributed by atoms with Crippen LogP contribution in [0.4, 0.5) is 5.13 Å². The Balaban J connectivity index is 1.54. The number of carbonyl (C=O) groups excluding carboxylic acids is 1. The van der Waals surface area contributed by atoms with Gasteiger partial charge in [-0.15, -0.1) is 11.3 Å². The summed E-state index contributed by atoms with van der Waals surface area (Å²) in [5.41, 5.74) is 1.08. The van der Waals surface area contributed by atoms with Gasteiger partial charge in [-0.1, -0.05) is 6.92 Å². The van der Waals surface area contributed by atoms with Crippen LogP contribution in [0.15, 0.2) is 5.38 Å². The first-order valence-corrected chi connectivity index (χ1v) is 8.19. The lowest BCUT2D eigenvalue weighted by Crippen LogP contribution is -2.54. The first-order chi connectivity index (χ1) is 9.65. The zero-order chi connectivity index (χ0) is 14.1. The van der Waals surface area contributed by atoms with Gasteiger partial charge in [0.2, 0.25) is 5.91 Å². The van der Waals surface area contributed by atoms with E-state index in [4.69, 9.17) is 0 Å². The molecule has 110 valence electrons. The van der Waals surface area contributed by atoms with E-state index in [9.17, 15) is 4.79 Å². The zero-order valence-electron chi connectivity index (χ0n) is 12.1. The van der Waals surface area contributed by atoms with Crippen molar-refractivity contribution in [2.24, 2.45) is 11.8 Å². The standard InChI is InChI=1S/C14H22N4OS/c1-10-9-20-14(16-10)18-5-3-17(4-6-18)13(19)11(2)12-7-15-8-12/h9,11-12,15H,3-8H2,1-2H3.